The van der Waals surface area contributed by atoms with E-state index in [4.69, 9.17) is 14.2 Å². The fourth-order valence-corrected chi connectivity index (χ4v) is 3.47. The molecule has 1 saturated heterocycles. The molecule has 1 aromatic carbocycles. The Morgan fingerprint density at radius 1 is 1.25 bits per heavy atom. The molecule has 1 aliphatic rings. The monoisotopic (exact) mass is 562 g/mol. The summed E-state index contributed by atoms with van der Waals surface area (Å²) in [5.41, 5.74) is 0.451. The van der Waals surface area contributed by atoms with Crippen molar-refractivity contribution in [2.75, 3.05) is 53.6 Å². The molecular weight excluding hydrogens is 523 g/mol. The van der Waals surface area contributed by atoms with Crippen molar-refractivity contribution in [3.8, 4) is 0 Å². The lowest BCUT2D eigenvalue weighted by atomic mass is 10.1. The predicted molar refractivity (Wildman–Crippen MR) is 138 cm³/mol. The van der Waals surface area contributed by atoms with E-state index in [0.29, 0.717) is 25.7 Å². The highest BCUT2D eigenvalue weighted by Gasteiger charge is 2.26. The number of nitrogens with zero attached hydrogens (tertiary/aromatic N) is 2. The van der Waals surface area contributed by atoms with E-state index < -0.39 is 11.7 Å². The maximum absolute atomic E-state index is 12.4. The molecule has 2 atom stereocenters. The minimum absolute atomic E-state index is 0. The van der Waals surface area contributed by atoms with E-state index in [-0.39, 0.29) is 30.0 Å². The van der Waals surface area contributed by atoms with Crippen LogP contribution in [0.3, 0.4) is 0 Å². The number of nitrogens with one attached hydrogen (secondary N) is 2. The van der Waals surface area contributed by atoms with Crippen molar-refractivity contribution in [3.05, 3.63) is 35.9 Å². The lowest BCUT2D eigenvalue weighted by Gasteiger charge is -2.27. The third kappa shape index (κ3) is 10.4. The molecule has 32 heavy (non-hydrogen) atoms. The van der Waals surface area contributed by atoms with Gasteiger partial charge in [0.2, 0.25) is 0 Å². The van der Waals surface area contributed by atoms with Gasteiger partial charge in [0.15, 0.2) is 5.96 Å². The normalized spacial score (nSPS) is 17.5. The maximum Gasteiger partial charge on any atom is 0.408 e. The molecule has 0 aliphatic carbocycles. The summed E-state index contributed by atoms with van der Waals surface area (Å²) >= 11 is 0. The van der Waals surface area contributed by atoms with Crippen molar-refractivity contribution in [1.29, 1.82) is 0 Å². The fraction of sp³-hybridized carbons (Fsp3) is 0.652. The van der Waals surface area contributed by atoms with E-state index in [1.165, 1.54) is 0 Å². The van der Waals surface area contributed by atoms with Crippen LogP contribution in [0, 0.1) is 5.92 Å². The third-order valence-electron chi connectivity index (χ3n) is 4.94. The van der Waals surface area contributed by atoms with Crippen LogP contribution >= 0.6 is 24.0 Å². The van der Waals surface area contributed by atoms with Crippen LogP contribution in [0.5, 0.6) is 0 Å². The third-order valence-corrected chi connectivity index (χ3v) is 4.94. The van der Waals surface area contributed by atoms with Gasteiger partial charge in [-0.15, -0.1) is 24.0 Å². The molecule has 2 N–H and O–H groups in total. The first-order valence-corrected chi connectivity index (χ1v) is 10.9. The van der Waals surface area contributed by atoms with Gasteiger partial charge in [-0.05, 0) is 32.8 Å². The van der Waals surface area contributed by atoms with Crippen molar-refractivity contribution in [3.63, 3.8) is 0 Å². The molecule has 0 saturated carbocycles. The zero-order valence-electron chi connectivity index (χ0n) is 19.9. The number of hydrogen-bond donors (Lipinski definition) is 2. The van der Waals surface area contributed by atoms with Gasteiger partial charge < -0.3 is 29.7 Å². The smallest absolute Gasteiger partial charge is 0.408 e. The summed E-state index contributed by atoms with van der Waals surface area (Å²) in [4.78, 5) is 19.1. The zero-order chi connectivity index (χ0) is 22.7. The number of benzene rings is 1. The summed E-state index contributed by atoms with van der Waals surface area (Å²) in [5.74, 6) is 1.30. The number of methoxy groups -OCH3 is 1. The first-order valence-electron chi connectivity index (χ1n) is 10.9. The summed E-state index contributed by atoms with van der Waals surface area (Å²) in [6.07, 6.45) is 0.624. The van der Waals surface area contributed by atoms with Gasteiger partial charge >= 0.3 is 6.09 Å². The molecule has 0 aromatic heterocycles. The second-order valence-corrected chi connectivity index (χ2v) is 8.71. The number of alkyl carbamates (subject to hydrolysis) is 1. The minimum atomic E-state index is -0.551. The molecule has 1 amide bonds. The highest BCUT2D eigenvalue weighted by atomic mass is 127. The van der Waals surface area contributed by atoms with Crippen molar-refractivity contribution < 1.29 is 19.0 Å². The number of halogens is 1. The Hall–Kier alpha value is -1.59. The molecule has 1 aliphatic heterocycles. The predicted octanol–water partition coefficient (Wildman–Crippen LogP) is 3.43. The number of likely N-dealkylation sites (tertiary alicyclic amines) is 1. The Morgan fingerprint density at radius 2 is 1.97 bits per heavy atom. The number of aliphatic imine (C=N–C) groups is 1. The standard InChI is InChI=1S/C23H38N4O4.HI/c1-23(2,3)31-22(28)26-20(19-9-7-6-8-10-19)15-25-21(24-4)27-12-11-18(16-27)17-30-14-13-29-5;/h6-10,18,20H,11-17H2,1-5H3,(H,24,25)(H,26,28);1H. The Bertz CT molecular complexity index is 697. The van der Waals surface area contributed by atoms with E-state index >= 15 is 0 Å². The van der Waals surface area contributed by atoms with Crippen LogP contribution in [0.2, 0.25) is 0 Å². The number of carbonyl (C=O) groups excluding carboxylic acids is 1. The highest BCUT2D eigenvalue weighted by molar-refractivity contribution is 14.0. The summed E-state index contributed by atoms with van der Waals surface area (Å²) < 4.78 is 16.2. The van der Waals surface area contributed by atoms with Crippen molar-refractivity contribution in [1.82, 2.24) is 15.5 Å². The van der Waals surface area contributed by atoms with E-state index in [1.54, 1.807) is 14.2 Å². The van der Waals surface area contributed by atoms with E-state index in [2.05, 4.69) is 20.5 Å². The quantitative estimate of drug-likeness (QED) is 0.208. The van der Waals surface area contributed by atoms with E-state index in [9.17, 15) is 4.79 Å². The Balaban J connectivity index is 0.00000512. The van der Waals surface area contributed by atoms with Gasteiger partial charge in [-0.1, -0.05) is 30.3 Å². The van der Waals surface area contributed by atoms with Gasteiger partial charge in [0, 0.05) is 39.7 Å². The number of hydrogen-bond acceptors (Lipinski definition) is 5. The Labute approximate surface area is 209 Å². The summed E-state index contributed by atoms with van der Waals surface area (Å²) in [7, 11) is 3.46. The van der Waals surface area contributed by atoms with Gasteiger partial charge in [-0.25, -0.2) is 4.79 Å². The maximum atomic E-state index is 12.4. The van der Waals surface area contributed by atoms with Crippen molar-refractivity contribution in [2.45, 2.75) is 38.8 Å². The largest absolute Gasteiger partial charge is 0.444 e. The molecule has 1 aromatic rings. The SMILES string of the molecule is CN=C(NCC(NC(=O)OC(C)(C)C)c1ccccc1)N1CCC(COCCOC)C1.I. The first-order chi connectivity index (χ1) is 14.8. The highest BCUT2D eigenvalue weighted by Crippen LogP contribution is 2.18. The van der Waals surface area contributed by atoms with Gasteiger partial charge in [0.1, 0.15) is 5.60 Å². The summed E-state index contributed by atoms with van der Waals surface area (Å²) in [5, 5.41) is 6.40. The lowest BCUT2D eigenvalue weighted by molar-refractivity contribution is 0.0503. The molecule has 9 heteroatoms. The van der Waals surface area contributed by atoms with E-state index in [1.807, 2.05) is 51.1 Å². The molecule has 1 heterocycles. The number of guanidine groups is 1. The molecular formula is C23H39IN4O4. The van der Waals surface area contributed by atoms with Crippen LogP contribution in [0.1, 0.15) is 38.8 Å². The Kier molecular flexibility index (Phi) is 12.9. The number of ether oxygens (including phenoxy) is 3. The van der Waals surface area contributed by atoms with Crippen LogP contribution in [0.25, 0.3) is 0 Å². The summed E-state index contributed by atoms with van der Waals surface area (Å²) in [6.45, 7) is 9.84. The number of carbonyl (C=O) groups is 1. The van der Waals surface area contributed by atoms with Gasteiger partial charge in [-0.3, -0.25) is 4.99 Å². The minimum Gasteiger partial charge on any atom is -0.444 e. The molecule has 8 nitrogen and oxygen atoms in total. The zero-order valence-corrected chi connectivity index (χ0v) is 22.3. The molecule has 0 radical (unpaired) electrons. The van der Waals surface area contributed by atoms with Crippen LogP contribution in [-0.2, 0) is 14.2 Å². The molecule has 1 fully saturated rings. The number of amides is 1. The topological polar surface area (TPSA) is 84.4 Å². The van der Waals surface area contributed by atoms with Crippen LogP contribution in [-0.4, -0.2) is 76.2 Å². The molecule has 2 rings (SSSR count). The molecule has 0 bridgehead atoms. The molecule has 0 spiro atoms. The van der Waals surface area contributed by atoms with Crippen LogP contribution in [0.4, 0.5) is 4.79 Å². The Morgan fingerprint density at radius 3 is 2.59 bits per heavy atom. The van der Waals surface area contributed by atoms with Gasteiger partial charge in [0.25, 0.3) is 0 Å². The number of rotatable bonds is 9. The van der Waals surface area contributed by atoms with Gasteiger partial charge in [-0.2, -0.15) is 0 Å². The average molecular weight is 562 g/mol. The second-order valence-electron chi connectivity index (χ2n) is 8.71. The van der Waals surface area contributed by atoms with Crippen molar-refractivity contribution >= 4 is 36.0 Å². The lowest BCUT2D eigenvalue weighted by Crippen LogP contribution is -2.45. The van der Waals surface area contributed by atoms with Crippen LogP contribution in [0.15, 0.2) is 35.3 Å². The van der Waals surface area contributed by atoms with E-state index in [0.717, 1.165) is 37.6 Å². The molecule has 182 valence electrons. The average Bonchev–Trinajstić information content (AvgIpc) is 3.19. The van der Waals surface area contributed by atoms with Gasteiger partial charge in [0.05, 0.1) is 25.9 Å². The fourth-order valence-electron chi connectivity index (χ4n) is 3.47. The van der Waals surface area contributed by atoms with Crippen LogP contribution < -0.4 is 10.6 Å². The first kappa shape index (κ1) is 28.4. The van der Waals surface area contributed by atoms with Crippen molar-refractivity contribution in [2.24, 2.45) is 10.9 Å². The molecule has 2 unspecified atom stereocenters. The second kappa shape index (κ2) is 14.5. The summed E-state index contributed by atoms with van der Waals surface area (Å²) in [6, 6.07) is 9.62.